The molecule has 1 fully saturated rings. The molecule has 2 aromatic carbocycles. The highest BCUT2D eigenvalue weighted by Crippen LogP contribution is 2.30. The molecule has 0 aliphatic carbocycles. The fraction of sp³-hybridized carbons (Fsp3) is 0.370. The van der Waals surface area contributed by atoms with Crippen LogP contribution in [-0.2, 0) is 13.0 Å². The molecule has 0 spiro atoms. The predicted octanol–water partition coefficient (Wildman–Crippen LogP) is 3.52. The van der Waals surface area contributed by atoms with Crippen LogP contribution in [-0.4, -0.2) is 67.6 Å². The van der Waals surface area contributed by atoms with Gasteiger partial charge in [0.05, 0.1) is 17.9 Å². The Hall–Kier alpha value is -3.68. The second-order valence-electron chi connectivity index (χ2n) is 9.44. The molecule has 0 radical (unpaired) electrons. The van der Waals surface area contributed by atoms with Crippen LogP contribution in [0.3, 0.4) is 0 Å². The summed E-state index contributed by atoms with van der Waals surface area (Å²) in [7, 11) is 3.95. The first-order valence-corrected chi connectivity index (χ1v) is 12.1. The molecule has 2 aliphatic heterocycles. The second-order valence-corrected chi connectivity index (χ2v) is 9.44. The number of hydrogen-bond acceptors (Lipinski definition) is 6. The Bertz CT molecular complexity index is 1240. The normalized spacial score (nSPS) is 15.7. The lowest BCUT2D eigenvalue weighted by molar-refractivity contribution is 0.0733. The lowest BCUT2D eigenvalue weighted by Crippen LogP contribution is -2.47. The summed E-state index contributed by atoms with van der Waals surface area (Å²) < 4.78 is 14.2. The first kappa shape index (κ1) is 23.1. The number of carbonyl (C=O) groups is 1. The molecule has 0 bridgehead atoms. The number of halogens is 1. The molecule has 0 N–H and O–H groups in total. The van der Waals surface area contributed by atoms with Crippen LogP contribution in [0, 0.1) is 12.7 Å². The van der Waals surface area contributed by atoms with E-state index in [1.807, 2.05) is 67.2 Å². The largest absolute Gasteiger partial charge is 0.366 e. The molecule has 0 unspecified atom stereocenters. The zero-order valence-electron chi connectivity index (χ0n) is 20.5. The summed E-state index contributed by atoms with van der Waals surface area (Å²) in [6.07, 6.45) is 0.693. The van der Waals surface area contributed by atoms with Gasteiger partial charge in [-0.2, -0.15) is 4.98 Å². The number of benzene rings is 2. The molecule has 3 aromatic rings. The first-order chi connectivity index (χ1) is 16.9. The summed E-state index contributed by atoms with van der Waals surface area (Å²) >= 11 is 0. The summed E-state index contributed by atoms with van der Waals surface area (Å²) in [4.78, 5) is 31.1. The topological polar surface area (TPSA) is 55.8 Å². The van der Waals surface area contributed by atoms with Gasteiger partial charge in [0.1, 0.15) is 11.6 Å². The van der Waals surface area contributed by atoms with Crippen LogP contribution >= 0.6 is 0 Å². The molecule has 1 aromatic heterocycles. The average molecular weight is 475 g/mol. The van der Waals surface area contributed by atoms with Crippen LogP contribution in [0.1, 0.15) is 27.2 Å². The molecule has 2 aliphatic rings. The molecular weight excluding hydrogens is 443 g/mol. The monoisotopic (exact) mass is 474 g/mol. The first-order valence-electron chi connectivity index (χ1n) is 12.1. The van der Waals surface area contributed by atoms with Crippen molar-refractivity contribution in [3.05, 3.63) is 76.7 Å². The number of amides is 1. The van der Waals surface area contributed by atoms with Crippen molar-refractivity contribution < 1.29 is 9.18 Å². The van der Waals surface area contributed by atoms with Crippen LogP contribution in [0.15, 0.2) is 48.5 Å². The van der Waals surface area contributed by atoms with Gasteiger partial charge in [-0.05, 0) is 31.2 Å². The van der Waals surface area contributed by atoms with Crippen molar-refractivity contribution in [3.63, 3.8) is 0 Å². The van der Waals surface area contributed by atoms with E-state index in [9.17, 15) is 9.18 Å². The number of fused-ring (bicyclic) bond motifs is 1. The van der Waals surface area contributed by atoms with Gasteiger partial charge in [0.2, 0.25) is 5.95 Å². The van der Waals surface area contributed by atoms with E-state index in [1.54, 1.807) is 6.07 Å². The van der Waals surface area contributed by atoms with Gasteiger partial charge in [0.25, 0.3) is 5.91 Å². The van der Waals surface area contributed by atoms with Crippen molar-refractivity contribution in [1.29, 1.82) is 0 Å². The number of para-hydroxylation sites is 1. The molecule has 5 rings (SSSR count). The highest BCUT2D eigenvalue weighted by atomic mass is 19.1. The summed E-state index contributed by atoms with van der Waals surface area (Å²) in [5.74, 6) is 1.41. The van der Waals surface area contributed by atoms with Crippen molar-refractivity contribution in [3.8, 4) is 0 Å². The molecule has 0 atom stereocenters. The maximum atomic E-state index is 14.2. The average Bonchev–Trinajstić information content (AvgIpc) is 2.87. The second kappa shape index (κ2) is 9.52. The van der Waals surface area contributed by atoms with Gasteiger partial charge in [0.15, 0.2) is 0 Å². The standard InChI is InChI=1S/C27H31FN6O/c1-19-7-6-8-20(17-19)26(35)34-12-11-23-21(18-34)25(31(2)3)30-27(29-23)33-15-13-32(14-16-33)24-10-5-4-9-22(24)28/h4-10,17H,11-16,18H2,1-3H3. The van der Waals surface area contributed by atoms with E-state index >= 15 is 0 Å². The maximum Gasteiger partial charge on any atom is 0.254 e. The molecule has 182 valence electrons. The molecule has 35 heavy (non-hydrogen) atoms. The van der Waals surface area contributed by atoms with Gasteiger partial charge in [-0.15, -0.1) is 0 Å². The lowest BCUT2D eigenvalue weighted by atomic mass is 10.0. The van der Waals surface area contributed by atoms with Crippen molar-refractivity contribution in [1.82, 2.24) is 14.9 Å². The fourth-order valence-corrected chi connectivity index (χ4v) is 4.88. The number of anilines is 3. The third-order valence-corrected chi connectivity index (χ3v) is 6.76. The Morgan fingerprint density at radius 3 is 2.40 bits per heavy atom. The molecule has 0 saturated carbocycles. The minimum absolute atomic E-state index is 0.0393. The number of hydrogen-bond donors (Lipinski definition) is 0. The molecule has 1 saturated heterocycles. The number of aryl methyl sites for hydroxylation is 1. The third-order valence-electron chi connectivity index (χ3n) is 6.76. The van der Waals surface area contributed by atoms with Crippen molar-refractivity contribution in [2.24, 2.45) is 0 Å². The van der Waals surface area contributed by atoms with E-state index in [2.05, 4.69) is 9.80 Å². The Kier molecular flexibility index (Phi) is 6.28. The Morgan fingerprint density at radius 1 is 0.943 bits per heavy atom. The SMILES string of the molecule is Cc1cccc(C(=O)N2CCc3nc(N4CCN(c5ccccc5F)CC4)nc(N(C)C)c3C2)c1. The summed E-state index contributed by atoms with van der Waals surface area (Å²) in [6, 6.07) is 14.6. The van der Waals surface area contributed by atoms with Crippen LogP contribution in [0.25, 0.3) is 0 Å². The van der Waals surface area contributed by atoms with Crippen molar-refractivity contribution in [2.45, 2.75) is 19.9 Å². The minimum atomic E-state index is -0.189. The Labute approximate surface area is 205 Å². The van der Waals surface area contributed by atoms with E-state index < -0.39 is 0 Å². The summed E-state index contributed by atoms with van der Waals surface area (Å²) in [6.45, 7) is 5.98. The van der Waals surface area contributed by atoms with Gasteiger partial charge < -0.3 is 19.6 Å². The number of rotatable bonds is 4. The Morgan fingerprint density at radius 2 is 1.69 bits per heavy atom. The van der Waals surface area contributed by atoms with Crippen molar-refractivity contribution >= 4 is 23.4 Å². The predicted molar refractivity (Wildman–Crippen MR) is 137 cm³/mol. The number of aromatic nitrogens is 2. The lowest BCUT2D eigenvalue weighted by Gasteiger charge is -2.37. The maximum absolute atomic E-state index is 14.2. The highest BCUT2D eigenvalue weighted by molar-refractivity contribution is 5.94. The van der Waals surface area contributed by atoms with Gasteiger partial charge >= 0.3 is 0 Å². The molecule has 3 heterocycles. The van der Waals surface area contributed by atoms with E-state index in [-0.39, 0.29) is 11.7 Å². The quantitative estimate of drug-likeness (QED) is 0.577. The zero-order chi connectivity index (χ0) is 24.5. The number of nitrogens with zero attached hydrogens (tertiary/aromatic N) is 6. The number of piperazine rings is 1. The van der Waals surface area contributed by atoms with E-state index in [0.717, 1.165) is 35.7 Å². The van der Waals surface area contributed by atoms with Crippen LogP contribution < -0.4 is 14.7 Å². The molecule has 7 nitrogen and oxygen atoms in total. The van der Waals surface area contributed by atoms with E-state index in [4.69, 9.17) is 9.97 Å². The summed E-state index contributed by atoms with van der Waals surface area (Å²) in [5.41, 5.74) is 4.45. The summed E-state index contributed by atoms with van der Waals surface area (Å²) in [5, 5.41) is 0. The van der Waals surface area contributed by atoms with Gasteiger partial charge in [0, 0.05) is 64.4 Å². The highest BCUT2D eigenvalue weighted by Gasteiger charge is 2.29. The fourth-order valence-electron chi connectivity index (χ4n) is 4.88. The van der Waals surface area contributed by atoms with E-state index in [1.165, 1.54) is 6.07 Å². The van der Waals surface area contributed by atoms with Gasteiger partial charge in [-0.3, -0.25) is 4.79 Å². The third kappa shape index (κ3) is 4.65. The molecular formula is C27H31FN6O. The Balaban J connectivity index is 1.35. The van der Waals surface area contributed by atoms with Gasteiger partial charge in [-0.25, -0.2) is 9.37 Å². The van der Waals surface area contributed by atoms with Gasteiger partial charge in [-0.1, -0.05) is 29.8 Å². The minimum Gasteiger partial charge on any atom is -0.366 e. The molecule has 1 amide bonds. The van der Waals surface area contributed by atoms with E-state index in [0.29, 0.717) is 49.8 Å². The zero-order valence-corrected chi connectivity index (χ0v) is 20.5. The van der Waals surface area contributed by atoms with Crippen LogP contribution in [0.5, 0.6) is 0 Å². The smallest absolute Gasteiger partial charge is 0.254 e. The number of carbonyl (C=O) groups excluding carboxylic acids is 1. The molecule has 8 heteroatoms. The van der Waals surface area contributed by atoms with Crippen molar-refractivity contribution in [2.75, 3.05) is 61.5 Å². The van der Waals surface area contributed by atoms with Crippen LogP contribution in [0.4, 0.5) is 21.8 Å². The van der Waals surface area contributed by atoms with Crippen LogP contribution in [0.2, 0.25) is 0 Å².